The molecular formula is C14H29N. The van der Waals surface area contributed by atoms with Gasteiger partial charge in [-0.3, -0.25) is 0 Å². The summed E-state index contributed by atoms with van der Waals surface area (Å²) in [6.45, 7) is 12.4. The zero-order valence-corrected chi connectivity index (χ0v) is 11.1. The van der Waals surface area contributed by atoms with Crippen LogP contribution in [0.3, 0.4) is 0 Å². The van der Waals surface area contributed by atoms with Crippen molar-refractivity contribution in [1.29, 1.82) is 0 Å². The van der Waals surface area contributed by atoms with E-state index in [9.17, 15) is 0 Å². The van der Waals surface area contributed by atoms with Crippen LogP contribution in [0.25, 0.3) is 0 Å². The maximum absolute atomic E-state index is 3.00. The first kappa shape index (κ1) is 14.7. The fourth-order valence-electron chi connectivity index (χ4n) is 2.93. The third kappa shape index (κ3) is 3.64. The topological polar surface area (TPSA) is 3.24 Å². The number of hydrogen-bond acceptors (Lipinski definition) is 1. The van der Waals surface area contributed by atoms with Gasteiger partial charge in [0.25, 0.3) is 0 Å². The average Bonchev–Trinajstić information content (AvgIpc) is 2.61. The molecule has 1 aliphatic heterocycles. The number of likely N-dealkylation sites (tertiary alicyclic amines) is 1. The summed E-state index contributed by atoms with van der Waals surface area (Å²) in [4.78, 5) is 2.60. The standard InChI is InChI=1S/C10H19N.C2H6.C2H4/c1-8-7-9-5-3-4-6-10(9)11(8)2;2*1-2/h8-10H,3-7H2,1-2H3;1-2H3;1-2H2. The van der Waals surface area contributed by atoms with Gasteiger partial charge in [0.1, 0.15) is 0 Å². The number of nitrogens with zero attached hydrogens (tertiary/aromatic N) is 1. The molecule has 0 radical (unpaired) electrons. The van der Waals surface area contributed by atoms with Crippen LogP contribution in [0.5, 0.6) is 0 Å². The van der Waals surface area contributed by atoms with Gasteiger partial charge in [-0.15, -0.1) is 13.2 Å². The summed E-state index contributed by atoms with van der Waals surface area (Å²) in [5.41, 5.74) is 0. The molecule has 1 saturated heterocycles. The molecule has 1 nitrogen and oxygen atoms in total. The molecule has 1 heteroatoms. The van der Waals surface area contributed by atoms with Crippen LogP contribution in [0.4, 0.5) is 0 Å². The van der Waals surface area contributed by atoms with E-state index in [0.717, 1.165) is 18.0 Å². The van der Waals surface area contributed by atoms with E-state index in [-0.39, 0.29) is 0 Å². The quantitative estimate of drug-likeness (QED) is 0.545. The molecule has 0 spiro atoms. The molecule has 2 rings (SSSR count). The highest BCUT2D eigenvalue weighted by Gasteiger charge is 2.37. The maximum Gasteiger partial charge on any atom is 0.0124 e. The van der Waals surface area contributed by atoms with Gasteiger partial charge in [-0.05, 0) is 39.2 Å². The Morgan fingerprint density at radius 2 is 1.60 bits per heavy atom. The Labute approximate surface area is 96.6 Å². The Hall–Kier alpha value is -0.300. The lowest BCUT2D eigenvalue weighted by Crippen LogP contribution is -2.34. The van der Waals surface area contributed by atoms with Crippen molar-refractivity contribution in [3.8, 4) is 0 Å². The summed E-state index contributed by atoms with van der Waals surface area (Å²) in [6.07, 6.45) is 7.38. The summed E-state index contributed by atoms with van der Waals surface area (Å²) in [7, 11) is 2.31. The Kier molecular flexibility index (Phi) is 7.76. The zero-order valence-electron chi connectivity index (χ0n) is 11.1. The van der Waals surface area contributed by atoms with E-state index in [4.69, 9.17) is 0 Å². The lowest BCUT2D eigenvalue weighted by molar-refractivity contribution is 0.192. The van der Waals surface area contributed by atoms with Crippen molar-refractivity contribution in [2.75, 3.05) is 7.05 Å². The Bertz CT molecular complexity index is 155. The SMILES string of the molecule is C=C.CC.CC1CC2CCCCC2N1C. The monoisotopic (exact) mass is 211 g/mol. The van der Waals surface area contributed by atoms with Gasteiger partial charge in [0.2, 0.25) is 0 Å². The molecule has 1 aliphatic carbocycles. The molecule has 1 saturated carbocycles. The zero-order chi connectivity index (χ0) is 11.8. The van der Waals surface area contributed by atoms with Crippen LogP contribution >= 0.6 is 0 Å². The predicted molar refractivity (Wildman–Crippen MR) is 70.2 cm³/mol. The van der Waals surface area contributed by atoms with Crippen molar-refractivity contribution in [3.63, 3.8) is 0 Å². The summed E-state index contributed by atoms with van der Waals surface area (Å²) in [5, 5.41) is 0. The summed E-state index contributed by atoms with van der Waals surface area (Å²) in [5.74, 6) is 1.05. The normalized spacial score (nSPS) is 34.3. The molecule has 2 aliphatic rings. The maximum atomic E-state index is 3.00. The molecule has 0 aromatic carbocycles. The van der Waals surface area contributed by atoms with Gasteiger partial charge < -0.3 is 4.90 Å². The fourth-order valence-corrected chi connectivity index (χ4v) is 2.93. The minimum Gasteiger partial charge on any atom is -0.300 e. The molecular weight excluding hydrogens is 182 g/mol. The second-order valence-corrected chi connectivity index (χ2v) is 4.36. The van der Waals surface area contributed by atoms with Crippen LogP contribution in [-0.4, -0.2) is 24.0 Å². The highest BCUT2D eigenvalue weighted by Crippen LogP contribution is 2.38. The number of rotatable bonds is 0. The number of fused-ring (bicyclic) bond motifs is 1. The van der Waals surface area contributed by atoms with Gasteiger partial charge in [0.05, 0.1) is 0 Å². The van der Waals surface area contributed by atoms with Gasteiger partial charge in [-0.25, -0.2) is 0 Å². The summed E-state index contributed by atoms with van der Waals surface area (Å²) in [6, 6.07) is 1.79. The first-order valence-corrected chi connectivity index (χ1v) is 6.51. The number of hydrogen-bond donors (Lipinski definition) is 0. The summed E-state index contributed by atoms with van der Waals surface area (Å²) < 4.78 is 0. The third-order valence-electron chi connectivity index (χ3n) is 3.73. The molecule has 0 bridgehead atoms. The molecule has 0 amide bonds. The van der Waals surface area contributed by atoms with E-state index in [0.29, 0.717) is 0 Å². The largest absolute Gasteiger partial charge is 0.300 e. The van der Waals surface area contributed by atoms with Crippen molar-refractivity contribution in [1.82, 2.24) is 4.90 Å². The minimum atomic E-state index is 0.850. The smallest absolute Gasteiger partial charge is 0.0124 e. The highest BCUT2D eigenvalue weighted by molar-refractivity contribution is 4.92. The van der Waals surface area contributed by atoms with Crippen molar-refractivity contribution in [3.05, 3.63) is 13.2 Å². The molecule has 3 unspecified atom stereocenters. The first-order chi connectivity index (χ1) is 7.29. The van der Waals surface area contributed by atoms with Gasteiger partial charge in [0.15, 0.2) is 0 Å². The molecule has 0 N–H and O–H groups in total. The van der Waals surface area contributed by atoms with E-state index >= 15 is 0 Å². The second-order valence-electron chi connectivity index (χ2n) is 4.36. The Morgan fingerprint density at radius 3 is 2.13 bits per heavy atom. The lowest BCUT2D eigenvalue weighted by atomic mass is 9.85. The van der Waals surface area contributed by atoms with E-state index in [1.54, 1.807) is 0 Å². The molecule has 90 valence electrons. The minimum absolute atomic E-state index is 0.850. The van der Waals surface area contributed by atoms with Crippen LogP contribution in [0, 0.1) is 5.92 Å². The van der Waals surface area contributed by atoms with Crippen molar-refractivity contribution >= 4 is 0 Å². The molecule has 1 heterocycles. The van der Waals surface area contributed by atoms with Gasteiger partial charge in [-0.2, -0.15) is 0 Å². The van der Waals surface area contributed by atoms with E-state index < -0.39 is 0 Å². The second kappa shape index (κ2) is 7.92. The molecule has 0 aromatic heterocycles. The van der Waals surface area contributed by atoms with Crippen LogP contribution in [0.15, 0.2) is 13.2 Å². The van der Waals surface area contributed by atoms with Crippen LogP contribution in [-0.2, 0) is 0 Å². The molecule has 2 fully saturated rings. The molecule has 15 heavy (non-hydrogen) atoms. The third-order valence-corrected chi connectivity index (χ3v) is 3.73. The van der Waals surface area contributed by atoms with Crippen molar-refractivity contribution in [2.24, 2.45) is 5.92 Å². The Morgan fingerprint density at radius 1 is 1.07 bits per heavy atom. The lowest BCUT2D eigenvalue weighted by Gasteiger charge is -2.30. The molecule has 0 aromatic rings. The summed E-state index contributed by atoms with van der Waals surface area (Å²) >= 11 is 0. The Balaban J connectivity index is 0.000000442. The van der Waals surface area contributed by atoms with Crippen molar-refractivity contribution in [2.45, 2.75) is 65.0 Å². The first-order valence-electron chi connectivity index (χ1n) is 6.51. The molecule has 3 atom stereocenters. The van der Waals surface area contributed by atoms with Gasteiger partial charge in [-0.1, -0.05) is 26.7 Å². The van der Waals surface area contributed by atoms with Crippen LogP contribution in [0.1, 0.15) is 52.9 Å². The predicted octanol–water partition coefficient (Wildman–Crippen LogP) is 4.10. The van der Waals surface area contributed by atoms with Crippen LogP contribution in [0.2, 0.25) is 0 Å². The highest BCUT2D eigenvalue weighted by atomic mass is 15.2. The van der Waals surface area contributed by atoms with E-state index in [1.165, 1.54) is 32.1 Å². The van der Waals surface area contributed by atoms with Crippen molar-refractivity contribution < 1.29 is 0 Å². The van der Waals surface area contributed by atoms with Gasteiger partial charge >= 0.3 is 0 Å². The fraction of sp³-hybridized carbons (Fsp3) is 0.857. The van der Waals surface area contributed by atoms with Gasteiger partial charge in [0, 0.05) is 12.1 Å². The van der Waals surface area contributed by atoms with E-state index in [2.05, 4.69) is 32.0 Å². The van der Waals surface area contributed by atoms with Crippen LogP contribution < -0.4 is 0 Å². The average molecular weight is 211 g/mol. The van der Waals surface area contributed by atoms with E-state index in [1.807, 2.05) is 13.8 Å².